The van der Waals surface area contributed by atoms with Crippen LogP contribution in [0, 0.1) is 12.8 Å². The fourth-order valence-electron chi connectivity index (χ4n) is 1.88. The summed E-state index contributed by atoms with van der Waals surface area (Å²) in [5.41, 5.74) is -0.674. The van der Waals surface area contributed by atoms with E-state index in [1.165, 1.54) is 21.9 Å². The standard InChI is InChI=1S/C13H15N3O4S/c1-6(2)9(12(19)20)15-10(17)8-4-14-13-16(11(8)18)5-7(3)21-13/h4-6,9H,1-3H3,(H,15,17)(H,19,20)/t9-/m0/s1. The monoisotopic (exact) mass is 309 g/mol. The highest BCUT2D eigenvalue weighted by atomic mass is 32.1. The molecule has 0 aliphatic heterocycles. The van der Waals surface area contributed by atoms with Crippen LogP contribution in [0.5, 0.6) is 0 Å². The second kappa shape index (κ2) is 5.65. The minimum Gasteiger partial charge on any atom is -0.480 e. The Balaban J connectivity index is 2.37. The lowest BCUT2D eigenvalue weighted by Crippen LogP contribution is -2.45. The maximum atomic E-state index is 12.2. The Morgan fingerprint density at radius 3 is 2.67 bits per heavy atom. The van der Waals surface area contributed by atoms with E-state index >= 15 is 0 Å². The van der Waals surface area contributed by atoms with Gasteiger partial charge in [0, 0.05) is 17.3 Å². The highest BCUT2D eigenvalue weighted by Crippen LogP contribution is 2.12. The average Bonchev–Trinajstić information content (AvgIpc) is 2.77. The van der Waals surface area contributed by atoms with Crippen LogP contribution < -0.4 is 10.9 Å². The van der Waals surface area contributed by atoms with Crippen molar-refractivity contribution in [3.8, 4) is 0 Å². The maximum Gasteiger partial charge on any atom is 0.326 e. The SMILES string of the molecule is Cc1cn2c(=O)c(C(=O)N[C@H](C(=O)O)C(C)C)cnc2s1. The number of hydrogen-bond donors (Lipinski definition) is 2. The minimum atomic E-state index is -1.14. The third-order valence-electron chi connectivity index (χ3n) is 2.99. The Morgan fingerprint density at radius 2 is 2.10 bits per heavy atom. The number of aryl methyl sites for hydroxylation is 1. The Morgan fingerprint density at radius 1 is 1.43 bits per heavy atom. The first-order valence-corrected chi connectivity index (χ1v) is 7.14. The maximum absolute atomic E-state index is 12.2. The van der Waals surface area contributed by atoms with Crippen molar-refractivity contribution >= 4 is 28.2 Å². The topological polar surface area (TPSA) is 101 Å². The molecule has 2 aromatic rings. The van der Waals surface area contributed by atoms with Gasteiger partial charge < -0.3 is 10.4 Å². The van der Waals surface area contributed by atoms with Gasteiger partial charge in [0.15, 0.2) is 4.96 Å². The van der Waals surface area contributed by atoms with Crippen LogP contribution in [0.25, 0.3) is 4.96 Å². The zero-order chi connectivity index (χ0) is 15.7. The minimum absolute atomic E-state index is 0.169. The lowest BCUT2D eigenvalue weighted by atomic mass is 10.0. The zero-order valence-corrected chi connectivity index (χ0v) is 12.6. The number of aromatic nitrogens is 2. The number of thiazole rings is 1. The molecule has 0 saturated carbocycles. The smallest absolute Gasteiger partial charge is 0.326 e. The van der Waals surface area contributed by atoms with Gasteiger partial charge in [-0.3, -0.25) is 14.0 Å². The summed E-state index contributed by atoms with van der Waals surface area (Å²) < 4.78 is 1.29. The molecule has 2 heterocycles. The lowest BCUT2D eigenvalue weighted by molar-refractivity contribution is -0.140. The predicted molar refractivity (Wildman–Crippen MR) is 77.8 cm³/mol. The van der Waals surface area contributed by atoms with Crippen LogP contribution in [0.2, 0.25) is 0 Å². The molecule has 1 amide bonds. The van der Waals surface area contributed by atoms with Gasteiger partial charge in [0.05, 0.1) is 0 Å². The van der Waals surface area contributed by atoms with E-state index in [2.05, 4.69) is 10.3 Å². The second-order valence-electron chi connectivity index (χ2n) is 5.00. The first-order valence-electron chi connectivity index (χ1n) is 6.32. The number of amides is 1. The summed E-state index contributed by atoms with van der Waals surface area (Å²) in [6, 6.07) is -1.05. The van der Waals surface area contributed by atoms with Crippen LogP contribution in [-0.4, -0.2) is 32.4 Å². The van der Waals surface area contributed by atoms with Crippen molar-refractivity contribution < 1.29 is 14.7 Å². The fraction of sp³-hybridized carbons (Fsp3) is 0.385. The van der Waals surface area contributed by atoms with Crippen molar-refractivity contribution in [1.29, 1.82) is 0 Å². The number of rotatable bonds is 4. The molecule has 0 spiro atoms. The molecular weight excluding hydrogens is 294 g/mol. The number of carbonyl (C=O) groups is 2. The number of carboxylic acids is 1. The van der Waals surface area contributed by atoms with Gasteiger partial charge in [-0.2, -0.15) is 0 Å². The van der Waals surface area contributed by atoms with E-state index in [0.717, 1.165) is 4.88 Å². The normalized spacial score (nSPS) is 12.6. The number of nitrogens with one attached hydrogen (secondary N) is 1. The van der Waals surface area contributed by atoms with Crippen LogP contribution >= 0.6 is 11.3 Å². The van der Waals surface area contributed by atoms with Gasteiger partial charge in [-0.25, -0.2) is 9.78 Å². The van der Waals surface area contributed by atoms with E-state index in [0.29, 0.717) is 4.96 Å². The molecule has 8 heteroatoms. The first kappa shape index (κ1) is 15.2. The third kappa shape index (κ3) is 2.94. The summed E-state index contributed by atoms with van der Waals surface area (Å²) in [6.45, 7) is 5.18. The lowest BCUT2D eigenvalue weighted by Gasteiger charge is -2.17. The summed E-state index contributed by atoms with van der Waals surface area (Å²) >= 11 is 1.34. The van der Waals surface area contributed by atoms with E-state index in [-0.39, 0.29) is 11.5 Å². The van der Waals surface area contributed by atoms with Crippen molar-refractivity contribution in [2.45, 2.75) is 26.8 Å². The Bertz CT molecular complexity index is 762. The van der Waals surface area contributed by atoms with E-state index in [9.17, 15) is 14.4 Å². The molecular formula is C13H15N3O4S. The molecule has 1 atom stereocenters. The van der Waals surface area contributed by atoms with E-state index in [4.69, 9.17) is 5.11 Å². The molecule has 0 bridgehead atoms. The van der Waals surface area contributed by atoms with Gasteiger partial charge in [-0.1, -0.05) is 13.8 Å². The molecule has 0 unspecified atom stereocenters. The van der Waals surface area contributed by atoms with Crippen LogP contribution in [0.4, 0.5) is 0 Å². The van der Waals surface area contributed by atoms with Crippen molar-refractivity contribution in [3.63, 3.8) is 0 Å². The summed E-state index contributed by atoms with van der Waals surface area (Å²) in [4.78, 5) is 40.9. The van der Waals surface area contributed by atoms with E-state index in [1.54, 1.807) is 20.0 Å². The largest absolute Gasteiger partial charge is 0.480 e. The predicted octanol–water partition coefficient (Wildman–Crippen LogP) is 0.903. The molecule has 21 heavy (non-hydrogen) atoms. The second-order valence-corrected chi connectivity index (χ2v) is 6.22. The molecule has 0 aliphatic rings. The molecule has 2 rings (SSSR count). The first-order chi connectivity index (χ1) is 9.81. The van der Waals surface area contributed by atoms with Crippen molar-refractivity contribution in [3.05, 3.63) is 33.2 Å². The quantitative estimate of drug-likeness (QED) is 0.874. The van der Waals surface area contributed by atoms with Crippen LogP contribution in [-0.2, 0) is 4.79 Å². The van der Waals surface area contributed by atoms with Gasteiger partial charge in [-0.05, 0) is 12.8 Å². The third-order valence-corrected chi connectivity index (χ3v) is 3.90. The number of carboxylic acid groups (broad SMARTS) is 1. The fourth-order valence-corrected chi connectivity index (χ4v) is 2.67. The molecule has 0 radical (unpaired) electrons. The van der Waals surface area contributed by atoms with E-state index < -0.39 is 23.5 Å². The van der Waals surface area contributed by atoms with Gasteiger partial charge in [0.2, 0.25) is 0 Å². The Kier molecular flexibility index (Phi) is 4.08. The summed E-state index contributed by atoms with van der Waals surface area (Å²) in [5.74, 6) is -2.17. The number of hydrogen-bond acceptors (Lipinski definition) is 5. The zero-order valence-electron chi connectivity index (χ0n) is 11.8. The molecule has 2 aromatic heterocycles. The molecule has 0 fully saturated rings. The van der Waals surface area contributed by atoms with Gasteiger partial charge in [0.25, 0.3) is 11.5 Å². The molecule has 112 valence electrons. The van der Waals surface area contributed by atoms with Crippen LogP contribution in [0.15, 0.2) is 17.2 Å². The van der Waals surface area contributed by atoms with Crippen molar-refractivity contribution in [1.82, 2.24) is 14.7 Å². The van der Waals surface area contributed by atoms with Crippen LogP contribution in [0.1, 0.15) is 29.1 Å². The number of aliphatic carboxylic acids is 1. The highest BCUT2D eigenvalue weighted by Gasteiger charge is 2.25. The Labute approximate surface area is 124 Å². The highest BCUT2D eigenvalue weighted by molar-refractivity contribution is 7.16. The summed E-state index contributed by atoms with van der Waals surface area (Å²) in [7, 11) is 0. The van der Waals surface area contributed by atoms with Crippen molar-refractivity contribution in [2.75, 3.05) is 0 Å². The van der Waals surface area contributed by atoms with Crippen molar-refractivity contribution in [2.24, 2.45) is 5.92 Å². The molecule has 2 N–H and O–H groups in total. The van der Waals surface area contributed by atoms with Gasteiger partial charge >= 0.3 is 5.97 Å². The number of carbonyl (C=O) groups excluding carboxylic acids is 1. The Hall–Kier alpha value is -2.22. The molecule has 0 saturated heterocycles. The van der Waals surface area contributed by atoms with Gasteiger partial charge in [0.1, 0.15) is 11.6 Å². The number of fused-ring (bicyclic) bond motifs is 1. The van der Waals surface area contributed by atoms with E-state index in [1.807, 2.05) is 6.92 Å². The molecule has 0 aromatic carbocycles. The molecule has 0 aliphatic carbocycles. The summed E-state index contributed by atoms with van der Waals surface area (Å²) in [6.07, 6.45) is 2.78. The van der Waals surface area contributed by atoms with Crippen LogP contribution in [0.3, 0.4) is 0 Å². The molecule has 7 nitrogen and oxygen atoms in total. The summed E-state index contributed by atoms with van der Waals surface area (Å²) in [5, 5.41) is 11.4. The number of nitrogens with zero attached hydrogens (tertiary/aromatic N) is 2. The average molecular weight is 309 g/mol. The van der Waals surface area contributed by atoms with Gasteiger partial charge in [-0.15, -0.1) is 11.3 Å².